The van der Waals surface area contributed by atoms with Gasteiger partial charge in [-0.05, 0) is 39.0 Å². The van der Waals surface area contributed by atoms with Crippen LogP contribution in [0.2, 0.25) is 0 Å². The summed E-state index contributed by atoms with van der Waals surface area (Å²) >= 11 is 0. The standard InChI is InChI=1S/C14H23NO3/c1-10-6-4-5-9-15(10)13(16)11-7-2-3-8-12(11)14(17)18/h10-12H,2-9H2,1H3,(H,17,18)/t10-,11+,12-/m1/s1. The summed E-state index contributed by atoms with van der Waals surface area (Å²) < 4.78 is 0. The predicted octanol–water partition coefficient (Wildman–Crippen LogP) is 2.28. The van der Waals surface area contributed by atoms with Crippen LogP contribution in [0.3, 0.4) is 0 Å². The number of hydrogen-bond donors (Lipinski definition) is 1. The minimum Gasteiger partial charge on any atom is -0.481 e. The fourth-order valence-electron chi connectivity index (χ4n) is 3.36. The Kier molecular flexibility index (Phi) is 4.25. The van der Waals surface area contributed by atoms with Crippen molar-refractivity contribution in [3.63, 3.8) is 0 Å². The highest BCUT2D eigenvalue weighted by atomic mass is 16.4. The van der Waals surface area contributed by atoms with Crippen LogP contribution in [0.15, 0.2) is 0 Å². The number of likely N-dealkylation sites (tertiary alicyclic amines) is 1. The van der Waals surface area contributed by atoms with E-state index in [0.29, 0.717) is 6.42 Å². The molecule has 1 aliphatic carbocycles. The Balaban J connectivity index is 2.07. The lowest BCUT2D eigenvalue weighted by atomic mass is 9.78. The van der Waals surface area contributed by atoms with Gasteiger partial charge in [0.05, 0.1) is 11.8 Å². The Morgan fingerprint density at radius 2 is 1.61 bits per heavy atom. The molecule has 0 spiro atoms. The quantitative estimate of drug-likeness (QED) is 0.821. The molecule has 0 radical (unpaired) electrons. The SMILES string of the molecule is C[C@@H]1CCCCN1C(=O)[C@H]1CCCC[C@H]1C(=O)O. The largest absolute Gasteiger partial charge is 0.481 e. The molecule has 2 fully saturated rings. The van der Waals surface area contributed by atoms with Crippen molar-refractivity contribution >= 4 is 11.9 Å². The number of piperidine rings is 1. The van der Waals surface area contributed by atoms with Gasteiger partial charge in [-0.2, -0.15) is 0 Å². The Bertz CT molecular complexity index is 329. The molecule has 4 heteroatoms. The molecule has 1 aliphatic heterocycles. The fraction of sp³-hybridized carbons (Fsp3) is 0.857. The predicted molar refractivity (Wildman–Crippen MR) is 68.1 cm³/mol. The van der Waals surface area contributed by atoms with Crippen LogP contribution in [0.1, 0.15) is 51.9 Å². The van der Waals surface area contributed by atoms with Gasteiger partial charge >= 0.3 is 5.97 Å². The van der Waals surface area contributed by atoms with E-state index in [4.69, 9.17) is 0 Å². The molecule has 1 saturated heterocycles. The van der Waals surface area contributed by atoms with Crippen molar-refractivity contribution < 1.29 is 14.7 Å². The van der Waals surface area contributed by atoms with Crippen LogP contribution < -0.4 is 0 Å². The average molecular weight is 253 g/mol. The van der Waals surface area contributed by atoms with Gasteiger partial charge in [-0.3, -0.25) is 9.59 Å². The monoisotopic (exact) mass is 253 g/mol. The van der Waals surface area contributed by atoms with Crippen molar-refractivity contribution in [1.82, 2.24) is 4.90 Å². The lowest BCUT2D eigenvalue weighted by molar-refractivity contribution is -0.153. The lowest BCUT2D eigenvalue weighted by Gasteiger charge is -2.38. The molecule has 1 N–H and O–H groups in total. The summed E-state index contributed by atoms with van der Waals surface area (Å²) in [5, 5.41) is 9.25. The second-order valence-electron chi connectivity index (χ2n) is 5.71. The molecule has 0 aromatic carbocycles. The summed E-state index contributed by atoms with van der Waals surface area (Å²) in [5.41, 5.74) is 0. The number of amides is 1. The number of carboxylic acids is 1. The van der Waals surface area contributed by atoms with Crippen molar-refractivity contribution in [2.45, 2.75) is 57.9 Å². The van der Waals surface area contributed by atoms with E-state index in [9.17, 15) is 14.7 Å². The van der Waals surface area contributed by atoms with Gasteiger partial charge < -0.3 is 10.0 Å². The van der Waals surface area contributed by atoms with Crippen LogP contribution in [-0.2, 0) is 9.59 Å². The first kappa shape index (κ1) is 13.4. The molecule has 102 valence electrons. The van der Waals surface area contributed by atoms with Crippen molar-refractivity contribution in [1.29, 1.82) is 0 Å². The van der Waals surface area contributed by atoms with Crippen LogP contribution in [0.5, 0.6) is 0 Å². The molecular weight excluding hydrogens is 230 g/mol. The van der Waals surface area contributed by atoms with E-state index in [0.717, 1.165) is 38.6 Å². The van der Waals surface area contributed by atoms with E-state index >= 15 is 0 Å². The molecule has 0 unspecified atom stereocenters. The highest BCUT2D eigenvalue weighted by Gasteiger charge is 2.39. The van der Waals surface area contributed by atoms with Gasteiger partial charge in [0.1, 0.15) is 0 Å². The number of rotatable bonds is 2. The first-order valence-corrected chi connectivity index (χ1v) is 7.14. The second kappa shape index (κ2) is 5.72. The summed E-state index contributed by atoms with van der Waals surface area (Å²) in [6.07, 6.45) is 6.63. The number of aliphatic carboxylic acids is 1. The maximum atomic E-state index is 12.5. The van der Waals surface area contributed by atoms with Crippen LogP contribution in [-0.4, -0.2) is 34.5 Å². The molecule has 18 heavy (non-hydrogen) atoms. The second-order valence-corrected chi connectivity index (χ2v) is 5.71. The van der Waals surface area contributed by atoms with E-state index in [-0.39, 0.29) is 17.9 Å². The Morgan fingerprint density at radius 3 is 2.22 bits per heavy atom. The molecule has 2 aliphatic rings. The summed E-state index contributed by atoms with van der Waals surface area (Å²) in [7, 11) is 0. The molecule has 2 rings (SSSR count). The van der Waals surface area contributed by atoms with Crippen molar-refractivity contribution in [3.8, 4) is 0 Å². The molecule has 3 atom stereocenters. The van der Waals surface area contributed by atoms with E-state index < -0.39 is 11.9 Å². The van der Waals surface area contributed by atoms with Crippen molar-refractivity contribution in [2.24, 2.45) is 11.8 Å². The molecule has 0 aromatic heterocycles. The summed E-state index contributed by atoms with van der Waals surface area (Å²) in [6.45, 7) is 2.89. The molecular formula is C14H23NO3. The maximum Gasteiger partial charge on any atom is 0.307 e. The summed E-state index contributed by atoms with van der Waals surface area (Å²) in [6, 6.07) is 0.280. The molecule has 1 heterocycles. The van der Waals surface area contributed by atoms with Gasteiger partial charge in [0.25, 0.3) is 0 Å². The third-order valence-electron chi connectivity index (χ3n) is 4.49. The molecule has 0 bridgehead atoms. The molecule has 0 aromatic rings. The average Bonchev–Trinajstić information content (AvgIpc) is 2.38. The van der Waals surface area contributed by atoms with E-state index in [1.165, 1.54) is 6.42 Å². The van der Waals surface area contributed by atoms with Crippen molar-refractivity contribution in [3.05, 3.63) is 0 Å². The van der Waals surface area contributed by atoms with Gasteiger partial charge in [0.15, 0.2) is 0 Å². The van der Waals surface area contributed by atoms with Crippen molar-refractivity contribution in [2.75, 3.05) is 6.54 Å². The Hall–Kier alpha value is -1.06. The first-order chi connectivity index (χ1) is 8.61. The number of carbonyl (C=O) groups excluding carboxylic acids is 1. The van der Waals surface area contributed by atoms with E-state index in [1.807, 2.05) is 4.90 Å². The molecule has 1 saturated carbocycles. The molecule has 4 nitrogen and oxygen atoms in total. The number of carboxylic acid groups (broad SMARTS) is 1. The van der Waals surface area contributed by atoms with Crippen LogP contribution in [0.4, 0.5) is 0 Å². The Labute approximate surface area is 108 Å². The van der Waals surface area contributed by atoms with E-state index in [2.05, 4.69) is 6.92 Å². The minimum absolute atomic E-state index is 0.0919. The first-order valence-electron chi connectivity index (χ1n) is 7.14. The third kappa shape index (κ3) is 2.68. The van der Waals surface area contributed by atoms with Gasteiger partial charge in [0, 0.05) is 12.6 Å². The smallest absolute Gasteiger partial charge is 0.307 e. The number of nitrogens with zero attached hydrogens (tertiary/aromatic N) is 1. The van der Waals surface area contributed by atoms with Gasteiger partial charge in [0.2, 0.25) is 5.91 Å². The normalized spacial score (nSPS) is 33.2. The van der Waals surface area contributed by atoms with E-state index in [1.54, 1.807) is 0 Å². The zero-order valence-corrected chi connectivity index (χ0v) is 11.1. The lowest BCUT2D eigenvalue weighted by Crippen LogP contribution is -2.48. The third-order valence-corrected chi connectivity index (χ3v) is 4.49. The maximum absolute atomic E-state index is 12.5. The minimum atomic E-state index is -0.794. The molecule has 1 amide bonds. The van der Waals surface area contributed by atoms with Gasteiger partial charge in [-0.1, -0.05) is 12.8 Å². The summed E-state index contributed by atoms with van der Waals surface area (Å²) in [4.78, 5) is 25.7. The van der Waals surface area contributed by atoms with Gasteiger partial charge in [-0.25, -0.2) is 0 Å². The zero-order valence-electron chi connectivity index (χ0n) is 11.1. The number of hydrogen-bond acceptors (Lipinski definition) is 2. The summed E-state index contributed by atoms with van der Waals surface area (Å²) in [5.74, 6) is -1.44. The number of carbonyl (C=O) groups is 2. The van der Waals surface area contributed by atoms with Gasteiger partial charge in [-0.15, -0.1) is 0 Å². The van der Waals surface area contributed by atoms with Crippen LogP contribution in [0.25, 0.3) is 0 Å². The Morgan fingerprint density at radius 1 is 1.00 bits per heavy atom. The highest BCUT2D eigenvalue weighted by molar-refractivity contribution is 5.85. The topological polar surface area (TPSA) is 57.6 Å². The van der Waals surface area contributed by atoms with Crippen LogP contribution in [0, 0.1) is 11.8 Å². The fourth-order valence-corrected chi connectivity index (χ4v) is 3.36. The highest BCUT2D eigenvalue weighted by Crippen LogP contribution is 2.33. The zero-order chi connectivity index (χ0) is 13.1. The van der Waals surface area contributed by atoms with Crippen LogP contribution >= 0.6 is 0 Å².